The number of alkyl halides is 1. The first-order valence-electron chi connectivity index (χ1n) is 5.51. The van der Waals surface area contributed by atoms with Gasteiger partial charge in [0.15, 0.2) is 0 Å². The number of unbranched alkanes of at least 4 members (excludes halogenated alkanes) is 2. The molecule has 1 aromatic rings. The number of carbonyl (C=O) groups excluding carboxylic acids is 1. The van der Waals surface area contributed by atoms with Crippen molar-refractivity contribution in [3.05, 3.63) is 21.9 Å². The summed E-state index contributed by atoms with van der Waals surface area (Å²) >= 11 is 7.18. The van der Waals surface area contributed by atoms with Gasteiger partial charge in [-0.05, 0) is 30.7 Å². The molecule has 0 radical (unpaired) electrons. The standard InChI is InChI=1S/C12H18ClNOS/c1-10-8-16-9-11(10)12(15)14(2)7-5-3-4-6-13/h8-9H,3-7H2,1-2H3. The van der Waals surface area contributed by atoms with E-state index < -0.39 is 0 Å². The molecule has 0 fully saturated rings. The molecule has 16 heavy (non-hydrogen) atoms. The molecule has 1 aromatic heterocycles. The highest BCUT2D eigenvalue weighted by Gasteiger charge is 2.13. The van der Waals surface area contributed by atoms with Crippen LogP contribution >= 0.6 is 22.9 Å². The summed E-state index contributed by atoms with van der Waals surface area (Å²) in [6, 6.07) is 0. The lowest BCUT2D eigenvalue weighted by Crippen LogP contribution is -2.27. The highest BCUT2D eigenvalue weighted by Crippen LogP contribution is 2.15. The van der Waals surface area contributed by atoms with E-state index in [1.165, 1.54) is 0 Å². The van der Waals surface area contributed by atoms with Crippen molar-refractivity contribution >= 4 is 28.8 Å². The third kappa shape index (κ3) is 3.80. The Bertz CT molecular complexity index is 338. The van der Waals surface area contributed by atoms with Gasteiger partial charge in [-0.3, -0.25) is 4.79 Å². The van der Waals surface area contributed by atoms with Crippen molar-refractivity contribution in [2.75, 3.05) is 19.5 Å². The van der Waals surface area contributed by atoms with Gasteiger partial charge in [-0.1, -0.05) is 6.42 Å². The van der Waals surface area contributed by atoms with Crippen molar-refractivity contribution < 1.29 is 4.79 Å². The Morgan fingerprint density at radius 2 is 2.12 bits per heavy atom. The largest absolute Gasteiger partial charge is 0.342 e. The molecule has 2 nitrogen and oxygen atoms in total. The van der Waals surface area contributed by atoms with Gasteiger partial charge in [0.2, 0.25) is 0 Å². The van der Waals surface area contributed by atoms with Crippen LogP contribution < -0.4 is 0 Å². The van der Waals surface area contributed by atoms with Gasteiger partial charge in [0, 0.05) is 24.9 Å². The van der Waals surface area contributed by atoms with Crippen molar-refractivity contribution in [3.63, 3.8) is 0 Å². The van der Waals surface area contributed by atoms with E-state index >= 15 is 0 Å². The molecule has 0 aromatic carbocycles. The number of amides is 1. The summed E-state index contributed by atoms with van der Waals surface area (Å²) < 4.78 is 0. The summed E-state index contributed by atoms with van der Waals surface area (Å²) in [6.45, 7) is 2.79. The second-order valence-electron chi connectivity index (χ2n) is 3.94. The molecule has 1 heterocycles. The predicted octanol–water partition coefficient (Wildman–Crippen LogP) is 3.54. The Morgan fingerprint density at radius 1 is 1.38 bits per heavy atom. The molecule has 0 atom stereocenters. The summed E-state index contributed by atoms with van der Waals surface area (Å²) in [5.41, 5.74) is 1.91. The molecule has 0 aliphatic rings. The fourth-order valence-electron chi connectivity index (χ4n) is 1.51. The number of carbonyl (C=O) groups is 1. The summed E-state index contributed by atoms with van der Waals surface area (Å²) in [7, 11) is 1.86. The second-order valence-corrected chi connectivity index (χ2v) is 5.07. The van der Waals surface area contributed by atoms with Crippen LogP contribution in [-0.4, -0.2) is 30.3 Å². The lowest BCUT2D eigenvalue weighted by molar-refractivity contribution is 0.0792. The molecule has 0 aliphatic carbocycles. The van der Waals surface area contributed by atoms with Gasteiger partial charge in [0.1, 0.15) is 0 Å². The van der Waals surface area contributed by atoms with Crippen LogP contribution in [0.1, 0.15) is 35.2 Å². The lowest BCUT2D eigenvalue weighted by Gasteiger charge is -2.16. The first-order valence-corrected chi connectivity index (χ1v) is 6.98. The normalized spacial score (nSPS) is 10.4. The van der Waals surface area contributed by atoms with Crippen LogP contribution in [0, 0.1) is 6.92 Å². The number of rotatable bonds is 6. The highest BCUT2D eigenvalue weighted by atomic mass is 35.5. The summed E-state index contributed by atoms with van der Waals surface area (Å²) in [6.07, 6.45) is 3.14. The molecular weight excluding hydrogens is 242 g/mol. The van der Waals surface area contributed by atoms with Gasteiger partial charge in [0.25, 0.3) is 5.91 Å². The fraction of sp³-hybridized carbons (Fsp3) is 0.583. The fourth-order valence-corrected chi connectivity index (χ4v) is 2.52. The number of aryl methyl sites for hydroxylation is 1. The van der Waals surface area contributed by atoms with Crippen molar-refractivity contribution in [2.24, 2.45) is 0 Å². The maximum Gasteiger partial charge on any atom is 0.254 e. The molecule has 1 amide bonds. The Labute approximate surface area is 106 Å². The third-order valence-corrected chi connectivity index (χ3v) is 3.69. The van der Waals surface area contributed by atoms with Gasteiger partial charge >= 0.3 is 0 Å². The molecule has 0 saturated heterocycles. The summed E-state index contributed by atoms with van der Waals surface area (Å²) in [4.78, 5) is 13.8. The average Bonchev–Trinajstić information content (AvgIpc) is 2.69. The van der Waals surface area contributed by atoms with Crippen LogP contribution in [0.5, 0.6) is 0 Å². The predicted molar refractivity (Wildman–Crippen MR) is 70.6 cm³/mol. The molecule has 0 aliphatic heterocycles. The van der Waals surface area contributed by atoms with E-state index in [0.29, 0.717) is 5.88 Å². The molecule has 0 bridgehead atoms. The summed E-state index contributed by atoms with van der Waals surface area (Å²) in [5, 5.41) is 3.93. The zero-order valence-electron chi connectivity index (χ0n) is 9.83. The van der Waals surface area contributed by atoms with Crippen LogP contribution in [0.3, 0.4) is 0 Å². The van der Waals surface area contributed by atoms with Crippen LogP contribution in [0.2, 0.25) is 0 Å². The maximum absolute atomic E-state index is 12.0. The number of thiophene rings is 1. The number of nitrogens with zero attached hydrogens (tertiary/aromatic N) is 1. The van der Waals surface area contributed by atoms with Gasteiger partial charge in [-0.15, -0.1) is 11.6 Å². The third-order valence-electron chi connectivity index (χ3n) is 2.56. The minimum Gasteiger partial charge on any atom is -0.342 e. The van der Waals surface area contributed by atoms with E-state index in [1.807, 2.05) is 24.7 Å². The zero-order chi connectivity index (χ0) is 12.0. The average molecular weight is 260 g/mol. The first-order chi connectivity index (χ1) is 7.66. The zero-order valence-corrected chi connectivity index (χ0v) is 11.4. The Hall–Kier alpha value is -0.540. The van der Waals surface area contributed by atoms with E-state index in [2.05, 4.69) is 0 Å². The molecule has 90 valence electrons. The van der Waals surface area contributed by atoms with Crippen LogP contribution in [-0.2, 0) is 0 Å². The Morgan fingerprint density at radius 3 is 2.69 bits per heavy atom. The highest BCUT2D eigenvalue weighted by molar-refractivity contribution is 7.08. The first kappa shape index (κ1) is 13.5. The van der Waals surface area contributed by atoms with Gasteiger partial charge in [0.05, 0.1) is 5.56 Å². The SMILES string of the molecule is Cc1cscc1C(=O)N(C)CCCCCCl. The maximum atomic E-state index is 12.0. The Kier molecular flexibility index (Phi) is 5.85. The van der Waals surface area contributed by atoms with Gasteiger partial charge in [-0.2, -0.15) is 11.3 Å². The van der Waals surface area contributed by atoms with Crippen LogP contribution in [0.25, 0.3) is 0 Å². The minimum absolute atomic E-state index is 0.129. The van der Waals surface area contributed by atoms with Gasteiger partial charge < -0.3 is 4.90 Å². The summed E-state index contributed by atoms with van der Waals surface area (Å²) in [5.74, 6) is 0.839. The van der Waals surface area contributed by atoms with E-state index in [0.717, 1.165) is 36.9 Å². The van der Waals surface area contributed by atoms with E-state index in [4.69, 9.17) is 11.6 Å². The number of hydrogen-bond acceptors (Lipinski definition) is 2. The van der Waals surface area contributed by atoms with Crippen LogP contribution in [0.15, 0.2) is 10.8 Å². The number of hydrogen-bond donors (Lipinski definition) is 0. The molecular formula is C12H18ClNOS. The smallest absolute Gasteiger partial charge is 0.254 e. The Balaban J connectivity index is 2.40. The van der Waals surface area contributed by atoms with E-state index in [-0.39, 0.29) is 5.91 Å². The molecule has 0 saturated carbocycles. The quantitative estimate of drug-likeness (QED) is 0.565. The van der Waals surface area contributed by atoms with Crippen molar-refractivity contribution in [3.8, 4) is 0 Å². The monoisotopic (exact) mass is 259 g/mol. The van der Waals surface area contributed by atoms with E-state index in [9.17, 15) is 4.79 Å². The van der Waals surface area contributed by atoms with Crippen molar-refractivity contribution in [1.29, 1.82) is 0 Å². The number of halogens is 1. The van der Waals surface area contributed by atoms with Gasteiger partial charge in [-0.25, -0.2) is 0 Å². The minimum atomic E-state index is 0.129. The molecule has 1 rings (SSSR count). The molecule has 0 unspecified atom stereocenters. The van der Waals surface area contributed by atoms with Crippen molar-refractivity contribution in [1.82, 2.24) is 4.90 Å². The molecule has 0 N–H and O–H groups in total. The van der Waals surface area contributed by atoms with Crippen LogP contribution in [0.4, 0.5) is 0 Å². The van der Waals surface area contributed by atoms with Crippen molar-refractivity contribution in [2.45, 2.75) is 26.2 Å². The lowest BCUT2D eigenvalue weighted by atomic mass is 10.2. The topological polar surface area (TPSA) is 20.3 Å². The molecule has 0 spiro atoms. The second kappa shape index (κ2) is 6.92. The van der Waals surface area contributed by atoms with E-state index in [1.54, 1.807) is 16.2 Å². The molecule has 4 heteroatoms.